The molecule has 0 fully saturated rings. The van der Waals surface area contributed by atoms with Gasteiger partial charge in [-0.3, -0.25) is 19.5 Å². The van der Waals surface area contributed by atoms with Gasteiger partial charge in [-0.25, -0.2) is 14.3 Å². The minimum Gasteiger partial charge on any atom is -0.355 e. The number of amides is 1. The van der Waals surface area contributed by atoms with Crippen molar-refractivity contribution in [1.82, 2.24) is 34.5 Å². The van der Waals surface area contributed by atoms with Crippen LogP contribution in [0.1, 0.15) is 64.4 Å². The second-order valence-corrected chi connectivity index (χ2v) is 11.8. The van der Waals surface area contributed by atoms with Crippen LogP contribution >= 0.6 is 0 Å². The summed E-state index contributed by atoms with van der Waals surface area (Å²) in [5, 5.41) is 6.70. The van der Waals surface area contributed by atoms with Crippen molar-refractivity contribution in [3.05, 3.63) is 69.9 Å². The van der Waals surface area contributed by atoms with Gasteiger partial charge >= 0.3 is 0 Å². The Morgan fingerprint density at radius 3 is 2.62 bits per heavy atom. The first-order valence-corrected chi connectivity index (χ1v) is 13.8. The Kier molecular flexibility index (Phi) is 7.46. The molecule has 0 atom stereocenters. The fraction of sp³-hybridized carbons (Fsp3) is 0.433. The smallest absolute Gasteiger partial charge is 0.278 e. The molecule has 1 amide bonds. The molecule has 210 valence electrons. The highest BCUT2D eigenvalue weighted by atomic mass is 16.1. The van der Waals surface area contributed by atoms with Crippen molar-refractivity contribution in [2.45, 2.75) is 66.0 Å². The van der Waals surface area contributed by atoms with Gasteiger partial charge in [0.25, 0.3) is 5.56 Å². The molecule has 1 aromatic carbocycles. The lowest BCUT2D eigenvalue weighted by Crippen LogP contribution is -2.37. The van der Waals surface area contributed by atoms with Crippen molar-refractivity contribution >= 4 is 28.6 Å². The van der Waals surface area contributed by atoms with E-state index < -0.39 is 0 Å². The number of fused-ring (bicyclic) bond motifs is 2. The van der Waals surface area contributed by atoms with E-state index in [1.807, 2.05) is 36.7 Å². The van der Waals surface area contributed by atoms with Gasteiger partial charge in [0.05, 0.1) is 5.69 Å². The van der Waals surface area contributed by atoms with E-state index in [0.717, 1.165) is 43.1 Å². The predicted octanol–water partition coefficient (Wildman–Crippen LogP) is 4.09. The number of rotatable bonds is 7. The third-order valence-electron chi connectivity index (χ3n) is 7.22. The maximum absolute atomic E-state index is 13.4. The van der Waals surface area contributed by atoms with Gasteiger partial charge in [-0.2, -0.15) is 4.98 Å². The molecule has 10 heteroatoms. The number of carbonyl (C=O) groups excluding carboxylic acids is 1. The molecule has 1 aliphatic rings. The molecule has 0 saturated carbocycles. The van der Waals surface area contributed by atoms with Crippen LogP contribution in [0.2, 0.25) is 0 Å². The van der Waals surface area contributed by atoms with Crippen LogP contribution in [0.4, 0.5) is 11.6 Å². The second kappa shape index (κ2) is 10.8. The monoisotopic (exact) mass is 542 g/mol. The molecule has 3 aromatic heterocycles. The molecule has 2 N–H and O–H groups in total. The van der Waals surface area contributed by atoms with Crippen LogP contribution in [0.5, 0.6) is 0 Å². The minimum atomic E-state index is -0.140. The Bertz CT molecular complexity index is 1610. The lowest BCUT2D eigenvalue weighted by atomic mass is 9.91. The van der Waals surface area contributed by atoms with Crippen molar-refractivity contribution in [1.29, 1.82) is 0 Å². The number of carbonyl (C=O) groups is 1. The van der Waals surface area contributed by atoms with Crippen LogP contribution in [-0.4, -0.2) is 54.8 Å². The van der Waals surface area contributed by atoms with E-state index in [9.17, 15) is 9.59 Å². The lowest BCUT2D eigenvalue weighted by Gasteiger charge is -2.29. The Hall–Kier alpha value is -4.05. The molecule has 40 heavy (non-hydrogen) atoms. The average molecular weight is 543 g/mol. The summed E-state index contributed by atoms with van der Waals surface area (Å²) in [5.41, 5.74) is 5.53. The van der Waals surface area contributed by atoms with E-state index in [2.05, 4.69) is 58.4 Å². The Balaban J connectivity index is 1.45. The lowest BCUT2D eigenvalue weighted by molar-refractivity contribution is -0.119. The molecule has 1 aliphatic heterocycles. The zero-order chi connectivity index (χ0) is 28.6. The maximum Gasteiger partial charge on any atom is 0.278 e. The number of aromatic nitrogens is 5. The van der Waals surface area contributed by atoms with E-state index in [1.54, 1.807) is 24.0 Å². The first-order chi connectivity index (χ1) is 19.0. The van der Waals surface area contributed by atoms with Crippen molar-refractivity contribution < 1.29 is 4.79 Å². The van der Waals surface area contributed by atoms with Crippen molar-refractivity contribution in [3.63, 3.8) is 0 Å². The fourth-order valence-electron chi connectivity index (χ4n) is 5.13. The summed E-state index contributed by atoms with van der Waals surface area (Å²) in [6.45, 7) is 15.2. The summed E-state index contributed by atoms with van der Waals surface area (Å²) in [4.78, 5) is 40.8. The third kappa shape index (κ3) is 5.62. The number of benzene rings is 1. The van der Waals surface area contributed by atoms with Crippen LogP contribution < -0.4 is 16.2 Å². The summed E-state index contributed by atoms with van der Waals surface area (Å²) in [6.07, 6.45) is 4.32. The average Bonchev–Trinajstić information content (AvgIpc) is 3.20. The Morgan fingerprint density at radius 2 is 1.90 bits per heavy atom. The number of pyridine rings is 1. The molecule has 0 unspecified atom stereocenters. The largest absolute Gasteiger partial charge is 0.355 e. The summed E-state index contributed by atoms with van der Waals surface area (Å²) in [7, 11) is 0. The quantitative estimate of drug-likeness (QED) is 0.362. The topological polar surface area (TPSA) is 110 Å². The zero-order valence-corrected chi connectivity index (χ0v) is 24.2. The van der Waals surface area contributed by atoms with Gasteiger partial charge in [-0.1, -0.05) is 26.8 Å². The van der Waals surface area contributed by atoms with Crippen molar-refractivity contribution in [3.8, 4) is 5.69 Å². The van der Waals surface area contributed by atoms with Crippen LogP contribution in [-0.2, 0) is 23.2 Å². The molecule has 0 spiro atoms. The molecule has 0 aliphatic carbocycles. The standard InChI is InChI=1S/C30H38N8O2/c1-19(2)37-28(40)25-17-33-29(35-27(25)38(37)24-9-11-32-26(16-24)30(4,5)6)34-23-8-7-22-18-36(13-10-21(22)15-23)14-12-31-20(3)39/h7-9,11,15-17,19H,10,12-14,18H2,1-6H3,(H,31,39)(H,33,34,35). The van der Waals surface area contributed by atoms with Gasteiger partial charge in [0.15, 0.2) is 5.65 Å². The highest BCUT2D eigenvalue weighted by Crippen LogP contribution is 2.27. The van der Waals surface area contributed by atoms with Gasteiger partial charge in [0.2, 0.25) is 11.9 Å². The molecule has 10 nitrogen and oxygen atoms in total. The van der Waals surface area contributed by atoms with Gasteiger partial charge in [0.1, 0.15) is 5.39 Å². The number of hydrogen-bond acceptors (Lipinski definition) is 7. The molecule has 0 radical (unpaired) electrons. The van der Waals surface area contributed by atoms with Crippen LogP contribution in [0.3, 0.4) is 0 Å². The summed E-state index contributed by atoms with van der Waals surface area (Å²) in [5.74, 6) is 0.432. The number of nitrogens with zero attached hydrogens (tertiary/aromatic N) is 6. The number of nitrogens with one attached hydrogen (secondary N) is 2. The summed E-state index contributed by atoms with van der Waals surface area (Å²) < 4.78 is 3.61. The third-order valence-corrected chi connectivity index (χ3v) is 7.22. The van der Waals surface area contributed by atoms with Crippen LogP contribution in [0.25, 0.3) is 16.7 Å². The first kappa shape index (κ1) is 27.5. The molecular formula is C30H38N8O2. The summed E-state index contributed by atoms with van der Waals surface area (Å²) in [6, 6.07) is 10.2. The first-order valence-electron chi connectivity index (χ1n) is 13.8. The highest BCUT2D eigenvalue weighted by molar-refractivity contribution is 5.77. The van der Waals surface area contributed by atoms with Crippen LogP contribution in [0.15, 0.2) is 47.5 Å². The van der Waals surface area contributed by atoms with E-state index >= 15 is 0 Å². The molecule has 4 heterocycles. The van der Waals surface area contributed by atoms with E-state index in [4.69, 9.17) is 4.98 Å². The van der Waals surface area contributed by atoms with E-state index in [0.29, 0.717) is 23.5 Å². The molecule has 4 aromatic rings. The molecular weight excluding hydrogens is 504 g/mol. The molecule has 5 rings (SSSR count). The maximum atomic E-state index is 13.4. The van der Waals surface area contributed by atoms with Gasteiger partial charge in [0, 0.05) is 68.3 Å². The van der Waals surface area contributed by atoms with Crippen LogP contribution in [0, 0.1) is 0 Å². The van der Waals surface area contributed by atoms with Gasteiger partial charge < -0.3 is 10.6 Å². The van der Waals surface area contributed by atoms with Gasteiger partial charge in [-0.15, -0.1) is 0 Å². The Morgan fingerprint density at radius 1 is 1.10 bits per heavy atom. The number of hydrogen-bond donors (Lipinski definition) is 2. The van der Waals surface area contributed by atoms with E-state index in [-0.39, 0.29) is 22.9 Å². The predicted molar refractivity (Wildman–Crippen MR) is 157 cm³/mol. The number of anilines is 2. The minimum absolute atomic E-state index is 0.00161. The van der Waals surface area contributed by atoms with E-state index in [1.165, 1.54) is 11.1 Å². The fourth-order valence-corrected chi connectivity index (χ4v) is 5.13. The van der Waals surface area contributed by atoms with Gasteiger partial charge in [-0.05, 0) is 55.7 Å². The normalized spacial score (nSPS) is 14.0. The SMILES string of the molecule is CC(=O)NCCN1CCc2cc(Nc3ncc4c(=O)n(C(C)C)n(-c5ccnc(C(C)(C)C)c5)c4n3)ccc2C1. The molecule has 0 bridgehead atoms. The zero-order valence-electron chi connectivity index (χ0n) is 24.2. The Labute approximate surface area is 234 Å². The van der Waals surface area contributed by atoms with Crippen molar-refractivity contribution in [2.24, 2.45) is 0 Å². The molecule has 0 saturated heterocycles. The highest BCUT2D eigenvalue weighted by Gasteiger charge is 2.22. The van der Waals surface area contributed by atoms with Crippen molar-refractivity contribution in [2.75, 3.05) is 25.0 Å². The second-order valence-electron chi connectivity index (χ2n) is 11.8. The summed E-state index contributed by atoms with van der Waals surface area (Å²) >= 11 is 0.